The Hall–Kier alpha value is -4.05. The summed E-state index contributed by atoms with van der Waals surface area (Å²) in [7, 11) is 0. The number of rotatable bonds is 1. The molecule has 0 atom stereocenters. The van der Waals surface area contributed by atoms with E-state index >= 15 is 0 Å². The average molecular weight is 412 g/mol. The van der Waals surface area contributed by atoms with Crippen molar-refractivity contribution >= 4 is 32.6 Å². The van der Waals surface area contributed by atoms with E-state index in [9.17, 15) is 0 Å². The van der Waals surface area contributed by atoms with Gasteiger partial charge in [-0.3, -0.25) is 4.57 Å². The topological polar surface area (TPSA) is 43.6 Å². The number of aromatic nitrogens is 4. The Morgan fingerprint density at radius 2 is 1.44 bits per heavy atom. The van der Waals surface area contributed by atoms with E-state index in [0.29, 0.717) is 5.95 Å². The summed E-state index contributed by atoms with van der Waals surface area (Å²) < 4.78 is 2.15. The molecular weight excluding hydrogens is 392 g/mol. The van der Waals surface area contributed by atoms with Crippen LogP contribution in [0.4, 0.5) is 0 Å². The van der Waals surface area contributed by atoms with Crippen molar-refractivity contribution in [2.45, 2.75) is 19.3 Å². The maximum Gasteiger partial charge on any atom is 0.237 e. The minimum atomic E-state index is -0.0329. The first kappa shape index (κ1) is 17.6. The molecule has 6 aromatic rings. The van der Waals surface area contributed by atoms with Gasteiger partial charge in [-0.05, 0) is 45.2 Å². The molecule has 0 unspecified atom stereocenters. The second-order valence-corrected chi connectivity index (χ2v) is 9.01. The SMILES string of the molecule is CC1(C)c2ccccc2-c2c1ccc1ccc3c(c4ccccc4n3-c3ncncn3)c21. The predicted octanol–water partition coefficient (Wildman–Crippen LogP) is 6.43. The molecule has 7 rings (SSSR count). The van der Waals surface area contributed by atoms with Crippen molar-refractivity contribution < 1.29 is 0 Å². The van der Waals surface area contributed by atoms with Crippen LogP contribution in [-0.2, 0) is 5.41 Å². The van der Waals surface area contributed by atoms with Crippen molar-refractivity contribution in [1.29, 1.82) is 0 Å². The van der Waals surface area contributed by atoms with Crippen LogP contribution >= 0.6 is 0 Å². The van der Waals surface area contributed by atoms with E-state index in [0.717, 1.165) is 11.0 Å². The molecular formula is C28H20N4. The molecule has 0 N–H and O–H groups in total. The summed E-state index contributed by atoms with van der Waals surface area (Å²) in [5.74, 6) is 0.638. The van der Waals surface area contributed by atoms with Crippen LogP contribution < -0.4 is 0 Å². The molecule has 0 amide bonds. The van der Waals surface area contributed by atoms with E-state index < -0.39 is 0 Å². The number of para-hydroxylation sites is 1. The first-order valence-electron chi connectivity index (χ1n) is 10.9. The fraction of sp³-hybridized carbons (Fsp3) is 0.107. The van der Waals surface area contributed by atoms with Gasteiger partial charge in [-0.25, -0.2) is 15.0 Å². The van der Waals surface area contributed by atoms with Gasteiger partial charge in [-0.15, -0.1) is 0 Å². The van der Waals surface area contributed by atoms with Gasteiger partial charge in [0.25, 0.3) is 0 Å². The Morgan fingerprint density at radius 3 is 2.31 bits per heavy atom. The van der Waals surface area contributed by atoms with E-state index in [-0.39, 0.29) is 5.41 Å². The molecule has 0 fully saturated rings. The van der Waals surface area contributed by atoms with Crippen molar-refractivity contribution in [2.24, 2.45) is 0 Å². The Bertz CT molecular complexity index is 1690. The molecule has 0 spiro atoms. The fourth-order valence-corrected chi connectivity index (χ4v) is 5.63. The molecule has 32 heavy (non-hydrogen) atoms. The van der Waals surface area contributed by atoms with Gasteiger partial charge in [0.15, 0.2) is 0 Å². The minimum absolute atomic E-state index is 0.0329. The van der Waals surface area contributed by atoms with Crippen molar-refractivity contribution in [3.63, 3.8) is 0 Å². The number of benzene rings is 4. The Morgan fingerprint density at radius 1 is 0.688 bits per heavy atom. The molecule has 1 aliphatic carbocycles. The second-order valence-electron chi connectivity index (χ2n) is 9.01. The summed E-state index contributed by atoms with van der Waals surface area (Å²) >= 11 is 0. The lowest BCUT2D eigenvalue weighted by molar-refractivity contribution is 0.661. The summed E-state index contributed by atoms with van der Waals surface area (Å²) in [5.41, 5.74) is 7.64. The third kappa shape index (κ3) is 2.09. The summed E-state index contributed by atoms with van der Waals surface area (Å²) in [6, 6.07) is 26.4. The zero-order valence-corrected chi connectivity index (χ0v) is 17.9. The van der Waals surface area contributed by atoms with Crippen LogP contribution in [0.2, 0.25) is 0 Å². The molecule has 4 nitrogen and oxygen atoms in total. The third-order valence-electron chi connectivity index (χ3n) is 7.04. The van der Waals surface area contributed by atoms with E-state index in [2.05, 4.69) is 106 Å². The maximum absolute atomic E-state index is 4.47. The maximum atomic E-state index is 4.47. The Balaban J connectivity index is 1.75. The monoisotopic (exact) mass is 412 g/mol. The molecule has 1 aliphatic rings. The lowest BCUT2D eigenvalue weighted by atomic mass is 9.82. The number of hydrogen-bond donors (Lipinski definition) is 0. The van der Waals surface area contributed by atoms with Crippen molar-refractivity contribution in [3.05, 3.63) is 96.6 Å². The largest absolute Gasteiger partial charge is 0.278 e. The van der Waals surface area contributed by atoms with E-state index in [1.165, 1.54) is 43.8 Å². The van der Waals surface area contributed by atoms with Gasteiger partial charge >= 0.3 is 0 Å². The van der Waals surface area contributed by atoms with Crippen molar-refractivity contribution in [2.75, 3.05) is 0 Å². The van der Waals surface area contributed by atoms with Gasteiger partial charge in [0.05, 0.1) is 11.0 Å². The summed E-state index contributed by atoms with van der Waals surface area (Å²) in [6.45, 7) is 4.66. The predicted molar refractivity (Wildman–Crippen MR) is 129 cm³/mol. The summed E-state index contributed by atoms with van der Waals surface area (Å²) in [6.07, 6.45) is 3.11. The fourth-order valence-electron chi connectivity index (χ4n) is 5.63. The zero-order valence-electron chi connectivity index (χ0n) is 17.9. The summed E-state index contributed by atoms with van der Waals surface area (Å²) in [5, 5.41) is 5.02. The minimum Gasteiger partial charge on any atom is -0.278 e. The molecule has 0 aliphatic heterocycles. The number of hydrogen-bond acceptors (Lipinski definition) is 3. The highest BCUT2D eigenvalue weighted by molar-refractivity contribution is 6.25. The van der Waals surface area contributed by atoms with Crippen LogP contribution in [0.1, 0.15) is 25.0 Å². The standard InChI is InChI=1S/C28H20N4/c1-28(2)20-9-5-3-7-18(20)25-21(28)13-11-17-12-14-23-26(24(17)25)19-8-4-6-10-22(19)32(23)27-30-15-29-16-31-27/h3-16H,1-2H3. The molecule has 2 aromatic heterocycles. The quantitative estimate of drug-likeness (QED) is 0.313. The van der Waals surface area contributed by atoms with Crippen LogP contribution in [-0.4, -0.2) is 19.5 Å². The number of nitrogens with zero attached hydrogens (tertiary/aromatic N) is 4. The molecule has 0 saturated heterocycles. The zero-order chi connectivity index (χ0) is 21.4. The van der Waals surface area contributed by atoms with Crippen LogP contribution in [0.25, 0.3) is 49.7 Å². The molecule has 0 bridgehead atoms. The molecule has 4 heteroatoms. The first-order chi connectivity index (χ1) is 15.7. The molecule has 2 heterocycles. The normalized spacial score (nSPS) is 14.2. The lowest BCUT2D eigenvalue weighted by Gasteiger charge is -2.21. The molecule has 0 radical (unpaired) electrons. The van der Waals surface area contributed by atoms with E-state index in [1.807, 2.05) is 0 Å². The van der Waals surface area contributed by atoms with Crippen molar-refractivity contribution in [3.8, 4) is 17.1 Å². The highest BCUT2D eigenvalue weighted by Crippen LogP contribution is 2.53. The Labute approximate surface area is 185 Å². The van der Waals surface area contributed by atoms with Crippen LogP contribution in [0.3, 0.4) is 0 Å². The number of fused-ring (bicyclic) bond motifs is 9. The smallest absolute Gasteiger partial charge is 0.237 e. The Kier molecular flexibility index (Phi) is 3.31. The molecule has 4 aromatic carbocycles. The van der Waals surface area contributed by atoms with Gasteiger partial charge in [0.2, 0.25) is 5.95 Å². The van der Waals surface area contributed by atoms with E-state index in [4.69, 9.17) is 0 Å². The van der Waals surface area contributed by atoms with Gasteiger partial charge in [0.1, 0.15) is 12.7 Å². The first-order valence-corrected chi connectivity index (χ1v) is 10.9. The van der Waals surface area contributed by atoms with Gasteiger partial charge in [0, 0.05) is 16.2 Å². The van der Waals surface area contributed by atoms with Gasteiger partial charge in [-0.2, -0.15) is 0 Å². The van der Waals surface area contributed by atoms with Crippen molar-refractivity contribution in [1.82, 2.24) is 19.5 Å². The van der Waals surface area contributed by atoms with Gasteiger partial charge in [-0.1, -0.05) is 74.5 Å². The lowest BCUT2D eigenvalue weighted by Crippen LogP contribution is -2.14. The van der Waals surface area contributed by atoms with E-state index in [1.54, 1.807) is 12.7 Å². The average Bonchev–Trinajstić information content (AvgIpc) is 3.29. The highest BCUT2D eigenvalue weighted by Gasteiger charge is 2.36. The molecule has 152 valence electrons. The third-order valence-corrected chi connectivity index (χ3v) is 7.04. The van der Waals surface area contributed by atoms with Gasteiger partial charge < -0.3 is 0 Å². The van der Waals surface area contributed by atoms with Crippen LogP contribution in [0.15, 0.2) is 85.5 Å². The second kappa shape index (κ2) is 6.01. The highest BCUT2D eigenvalue weighted by atomic mass is 15.2. The summed E-state index contributed by atoms with van der Waals surface area (Å²) in [4.78, 5) is 13.0. The molecule has 0 saturated carbocycles. The van der Waals surface area contributed by atoms with Crippen LogP contribution in [0, 0.1) is 0 Å². The van der Waals surface area contributed by atoms with Crippen LogP contribution in [0.5, 0.6) is 0 Å².